The van der Waals surface area contributed by atoms with Crippen LogP contribution in [-0.4, -0.2) is 291 Å². The lowest BCUT2D eigenvalue weighted by Gasteiger charge is -2.48. The van der Waals surface area contributed by atoms with Crippen molar-refractivity contribution in [2.24, 2.45) is 11.7 Å². The number of hydrogen-bond acceptors (Lipinski definition) is 32. The lowest BCUT2D eigenvalue weighted by Crippen LogP contribution is -2.66. The van der Waals surface area contributed by atoms with Gasteiger partial charge in [-0.25, -0.2) is 15.3 Å². The Labute approximate surface area is 771 Å². The predicted molar refractivity (Wildman–Crippen MR) is 460 cm³/mol. The van der Waals surface area contributed by atoms with Crippen molar-refractivity contribution in [3.63, 3.8) is 0 Å². The number of likely N-dealkylation sites (N-methyl/N-ethyl adjacent to an activating group) is 1. The Morgan fingerprint density at radius 2 is 1.34 bits per heavy atom. The number of piperazine rings is 1. The minimum atomic E-state index is -4.91. The molecule has 6 aromatic rings. The van der Waals surface area contributed by atoms with Crippen molar-refractivity contribution in [2.75, 3.05) is 91.2 Å². The van der Waals surface area contributed by atoms with Crippen LogP contribution in [0.25, 0.3) is 11.1 Å². The fourth-order valence-electron chi connectivity index (χ4n) is 16.4. The molecule has 4 saturated heterocycles. The monoisotopic (exact) mass is 1920 g/mol. The van der Waals surface area contributed by atoms with Gasteiger partial charge in [0.1, 0.15) is 101 Å². The summed E-state index contributed by atoms with van der Waals surface area (Å²) in [6.45, 7) is 7.78. The lowest BCUT2D eigenvalue weighted by molar-refractivity contribution is -0.334. The first-order chi connectivity index (χ1) is 63.6. The number of nitrogens with one attached hydrogen (secondary N) is 11. The number of amides is 11. The number of carbonyl (C=O) groups is 10. The number of halogens is 5. The minimum Gasteiger partial charge on any atom is -0.508 e. The number of primary amides is 1. The summed E-state index contributed by atoms with van der Waals surface area (Å²) in [5.74, 6) is -17.1. The molecule has 6 aromatic carbocycles. The Balaban J connectivity index is 0.902. The first kappa shape index (κ1) is 99.7. The summed E-state index contributed by atoms with van der Waals surface area (Å²) < 4.78 is 87.1. The summed E-state index contributed by atoms with van der Waals surface area (Å²) in [7, 11) is 1.46. The van der Waals surface area contributed by atoms with Gasteiger partial charge in [0.25, 0.3) is 11.8 Å². The van der Waals surface area contributed by atoms with Gasteiger partial charge in [-0.15, -0.1) is 13.2 Å². The van der Waals surface area contributed by atoms with Crippen LogP contribution in [0.4, 0.5) is 23.7 Å². The number of carbonyl (C=O) groups excluding carboxylic acids is 10. The summed E-state index contributed by atoms with van der Waals surface area (Å²) in [5.41, 5.74) is 6.52. The number of phenols is 3. The second-order valence-corrected chi connectivity index (χ2v) is 34.2. The molecule has 18 atom stereocenters. The minimum absolute atomic E-state index is 0.135. The molecule has 15 rings (SSSR count). The van der Waals surface area contributed by atoms with E-state index in [2.05, 4.69) is 68.4 Å². The number of morpholine rings is 1. The van der Waals surface area contributed by atoms with Crippen LogP contribution < -0.4 is 83.4 Å². The van der Waals surface area contributed by atoms with Crippen LogP contribution in [0, 0.1) is 5.92 Å². The number of aliphatic hydroxyl groups excluding tert-OH is 6. The van der Waals surface area contributed by atoms with Crippen molar-refractivity contribution in [1.29, 1.82) is 0 Å². The molecule has 11 amide bonds. The third-order valence-corrected chi connectivity index (χ3v) is 24.0. The number of aliphatic hydroxyl groups is 6. The molecule has 48 heteroatoms. The third-order valence-electron chi connectivity index (χ3n) is 23.4. The maximum absolute atomic E-state index is 16.4. The fraction of sp³-hybridized carbons (Fsp3) is 0.465. The molecular formula is C86H102Cl2F3N15O28. The number of anilines is 1. The van der Waals surface area contributed by atoms with Crippen LogP contribution in [-0.2, 0) is 66.9 Å². The summed E-state index contributed by atoms with van der Waals surface area (Å²) in [6, 6.07) is 2.87. The molecule has 724 valence electrons. The number of aromatic hydroxyl groups is 3. The first-order valence-electron chi connectivity index (χ1n) is 42.5. The Morgan fingerprint density at radius 3 is 1.96 bits per heavy atom. The second kappa shape index (κ2) is 42.8. The number of phenolic OH excluding ortho intramolecular Hbond substituents is 3. The molecule has 22 N–H and O–H groups in total. The molecule has 134 heavy (non-hydrogen) atoms. The largest absolute Gasteiger partial charge is 0.573 e. The topological polar surface area (TPSA) is 604 Å². The molecule has 0 aromatic heterocycles. The number of urea groups is 1. The zero-order valence-electron chi connectivity index (χ0n) is 72.4. The van der Waals surface area contributed by atoms with Gasteiger partial charge in [-0.2, -0.15) is 0 Å². The Hall–Kier alpha value is -11.8. The van der Waals surface area contributed by atoms with Crippen molar-refractivity contribution in [3.8, 4) is 62.9 Å². The molecule has 11 bridgehead atoms. The zero-order chi connectivity index (χ0) is 96.6. The van der Waals surface area contributed by atoms with Gasteiger partial charge in [0.15, 0.2) is 30.5 Å². The number of nitrogens with zero attached hydrogens (tertiary/aromatic N) is 3. The Bertz CT molecular complexity index is 5360. The van der Waals surface area contributed by atoms with E-state index in [0.717, 1.165) is 78.9 Å². The zero-order valence-corrected chi connectivity index (χ0v) is 73.9. The molecule has 0 spiro atoms. The van der Waals surface area contributed by atoms with Crippen LogP contribution in [0.2, 0.25) is 10.0 Å². The van der Waals surface area contributed by atoms with Gasteiger partial charge in [-0.05, 0) is 140 Å². The van der Waals surface area contributed by atoms with E-state index in [0.29, 0.717) is 32.7 Å². The van der Waals surface area contributed by atoms with Crippen molar-refractivity contribution in [1.82, 2.24) is 68.2 Å². The fourth-order valence-corrected chi connectivity index (χ4v) is 16.9. The highest BCUT2D eigenvalue weighted by Crippen LogP contribution is 2.50. The van der Waals surface area contributed by atoms with E-state index >= 15 is 24.0 Å². The van der Waals surface area contributed by atoms with Crippen LogP contribution in [0.3, 0.4) is 0 Å². The predicted octanol–water partition coefficient (Wildman–Crippen LogP) is 0.812. The van der Waals surface area contributed by atoms with Crippen LogP contribution in [0.1, 0.15) is 105 Å². The number of fused-ring (bicyclic) bond motifs is 15. The molecule has 9 aliphatic heterocycles. The molecule has 4 fully saturated rings. The van der Waals surface area contributed by atoms with Crippen LogP contribution >= 0.6 is 23.2 Å². The number of hydrazine groups is 1. The number of nitrogens with two attached hydrogens (primary N) is 1. The van der Waals surface area contributed by atoms with E-state index in [-0.39, 0.29) is 74.2 Å². The molecule has 43 nitrogen and oxygen atoms in total. The van der Waals surface area contributed by atoms with E-state index in [1.165, 1.54) is 43.1 Å². The average Bonchev–Trinajstić information content (AvgIpc) is 0.759. The molecule has 9 aliphatic rings. The molecule has 0 unspecified atom stereocenters. The standard InChI is InChI=1S/C86H102Cl2F3N15O28/c1-38(2)26-51(93-5)76(118)100-67-69(113)41-7-14-55(49(87)28-41)129-57-30-43-31-58(73(57)133-83-74(72(116)71(115)59(36-107)131-83)132-62-35-85(4,75(117)39(3)128-62)94-16-17-104-18-20-106(21-19-104)102-84(125)95-44-9-11-46(12-10-44)134-86(89,90)91)130-56-15-8-42(29-50(56)88)70(114)68-81(123)99-66(82(124)103-127-37-61(112)105-22-24-126-25-23-105)48-32-45(108)33-54(110)63(48)47-27-40(6-13-53(47)109)64(78(120)101-68)98-79(121)65(43)97-77(119)52(34-60(92)111)96-80(67)122/h6-15,27-33,38-39,51-52,59,62,64-72,74-75,83,93-94,107-110,113-117H,16-26,34-37H2,1-5H3,(H2,92,111)(H,96,122)(H,97,119)(H,98,121)(H,99,123)(H,100,118)(H,101,120)(H,103,124)(H2,95,102,125)/t39-,51+,52-,59+,62-,64+,65+,66+,67+,68-,69+,70+,71+,72-,74+,75+,83-,85-/m0/s1. The molecular weight excluding hydrogens is 1820 g/mol. The smallest absolute Gasteiger partial charge is 0.508 e. The molecule has 0 saturated carbocycles. The molecule has 0 aliphatic carbocycles. The van der Waals surface area contributed by atoms with E-state index in [9.17, 15) is 83.1 Å². The van der Waals surface area contributed by atoms with E-state index in [1.54, 1.807) is 25.8 Å². The van der Waals surface area contributed by atoms with Crippen LogP contribution in [0.15, 0.2) is 103 Å². The third kappa shape index (κ3) is 23.7. The van der Waals surface area contributed by atoms with Gasteiger partial charge in [-0.3, -0.25) is 58.3 Å². The summed E-state index contributed by atoms with van der Waals surface area (Å²) in [4.78, 5) is 156. The normalized spacial score (nSPS) is 26.8. The average molecular weight is 1920 g/mol. The molecule has 9 heterocycles. The van der Waals surface area contributed by atoms with E-state index in [1.807, 2.05) is 0 Å². The van der Waals surface area contributed by atoms with E-state index < -0.39 is 278 Å². The highest BCUT2D eigenvalue weighted by molar-refractivity contribution is 6.32. The van der Waals surface area contributed by atoms with Gasteiger partial charge in [0, 0.05) is 87.2 Å². The van der Waals surface area contributed by atoms with Crippen molar-refractivity contribution in [2.45, 2.75) is 163 Å². The number of hydroxylamine groups is 1. The molecule has 0 radical (unpaired) electrons. The summed E-state index contributed by atoms with van der Waals surface area (Å²) in [5, 5.41) is 132. The highest BCUT2D eigenvalue weighted by Gasteiger charge is 2.53. The van der Waals surface area contributed by atoms with Crippen molar-refractivity contribution in [3.05, 3.63) is 141 Å². The number of ether oxygens (including phenoxy) is 8. The highest BCUT2D eigenvalue weighted by atomic mass is 35.5. The number of alkyl halides is 3. The lowest BCUT2D eigenvalue weighted by atomic mass is 9.85. The SMILES string of the molecule is CN[C@H](CC(C)C)C(=O)N[C@H]1C(=O)N[C@@H](CC(N)=O)C(=O)N[C@H]2C(=O)N[C@H]3C(=O)N[C@H](C(=O)N[C@@H](C(=O)NOCC(=O)N4CCOCC4)c4cc(O)cc(O)c4-c4cc3ccc4O)[C@H](O)c3ccc(c(Cl)c3)Oc3cc2cc(c3O[C@@H]2O[C@H](CO)[C@@H](O)[C@H](O)[C@H]2O[C@H]2C[C@](C)(NCCN3CCN(NC(=O)Nc4ccc(OC(F)(F)F)cc4)CC3)[C@H](O)[C@H](C)O2)Oc2ccc(cc2Cl)[C@H]1O. The number of rotatable bonds is 23. The van der Waals surface area contributed by atoms with Gasteiger partial charge in [0.2, 0.25) is 53.4 Å². The second-order valence-electron chi connectivity index (χ2n) is 33.4. The van der Waals surface area contributed by atoms with Crippen LogP contribution in [0.5, 0.6) is 51.7 Å². The maximum Gasteiger partial charge on any atom is 0.573 e. The van der Waals surface area contributed by atoms with Gasteiger partial charge < -0.3 is 142 Å². The quantitative estimate of drug-likeness (QED) is 0.0395. The van der Waals surface area contributed by atoms with Crippen molar-refractivity contribution >= 4 is 88.1 Å². The maximum atomic E-state index is 16.4. The van der Waals surface area contributed by atoms with E-state index in [4.69, 9.17) is 66.9 Å². The first-order valence-corrected chi connectivity index (χ1v) is 43.3. The van der Waals surface area contributed by atoms with Gasteiger partial charge in [0.05, 0.1) is 54.5 Å². The van der Waals surface area contributed by atoms with Crippen molar-refractivity contribution < 1.29 is 150 Å². The summed E-state index contributed by atoms with van der Waals surface area (Å²) >= 11 is 14.4. The number of hydrogen-bond donors (Lipinski definition) is 21. The van der Waals surface area contributed by atoms with Gasteiger partial charge in [-0.1, -0.05) is 55.2 Å². The number of benzene rings is 6. The van der Waals surface area contributed by atoms with Gasteiger partial charge >= 0.3 is 12.4 Å². The summed E-state index contributed by atoms with van der Waals surface area (Å²) in [6.07, 6.45) is -24.3. The Kier molecular flexibility index (Phi) is 31.8. The Morgan fingerprint density at radius 1 is 0.701 bits per heavy atom.